The van der Waals surface area contributed by atoms with Gasteiger partial charge < -0.3 is 14.8 Å². The molecule has 0 radical (unpaired) electrons. The Morgan fingerprint density at radius 1 is 1.32 bits per heavy atom. The van der Waals surface area contributed by atoms with Crippen LogP contribution in [0.15, 0.2) is 10.8 Å². The number of aromatic nitrogens is 6. The van der Waals surface area contributed by atoms with E-state index in [4.69, 9.17) is 21.1 Å². The number of aryl methyl sites for hydroxylation is 1. The lowest BCUT2D eigenvalue weighted by molar-refractivity contribution is -0.00109. The number of ether oxygens (including phenoxy) is 2. The van der Waals surface area contributed by atoms with Crippen LogP contribution in [0.1, 0.15) is 18.9 Å². The van der Waals surface area contributed by atoms with E-state index in [1.807, 2.05) is 0 Å². The zero-order chi connectivity index (χ0) is 19.3. The lowest BCUT2D eigenvalue weighted by atomic mass is 10.1. The maximum absolute atomic E-state index is 14.4. The zero-order valence-electron chi connectivity index (χ0n) is 14.6. The van der Waals surface area contributed by atoms with Gasteiger partial charge in [0.25, 0.3) is 5.88 Å². The molecular weight excluding hydrogens is 457 g/mol. The van der Waals surface area contributed by atoms with Gasteiger partial charge in [-0.3, -0.25) is 0 Å². The van der Waals surface area contributed by atoms with Crippen LogP contribution in [0.2, 0.25) is 5.15 Å². The molecule has 2 aliphatic heterocycles. The van der Waals surface area contributed by atoms with E-state index in [9.17, 15) is 4.39 Å². The van der Waals surface area contributed by atoms with Gasteiger partial charge in [-0.25, -0.2) is 18.7 Å². The molecule has 3 aromatic rings. The van der Waals surface area contributed by atoms with E-state index in [-0.39, 0.29) is 6.61 Å². The maximum atomic E-state index is 14.4. The second-order valence-electron chi connectivity index (χ2n) is 6.63. The van der Waals surface area contributed by atoms with Gasteiger partial charge in [0.05, 0.1) is 24.6 Å². The highest BCUT2D eigenvalue weighted by Crippen LogP contribution is 2.39. The van der Waals surface area contributed by atoms with Gasteiger partial charge in [-0.15, -0.1) is 5.10 Å². The summed E-state index contributed by atoms with van der Waals surface area (Å²) in [5.74, 6) is 0.716. The van der Waals surface area contributed by atoms with E-state index in [0.717, 1.165) is 0 Å². The molecule has 5 heterocycles. The molecule has 0 amide bonds. The van der Waals surface area contributed by atoms with Crippen molar-refractivity contribution in [2.24, 2.45) is 0 Å². The van der Waals surface area contributed by atoms with Crippen molar-refractivity contribution in [3.05, 3.63) is 16.0 Å². The Morgan fingerprint density at radius 3 is 3.07 bits per heavy atom. The molecule has 3 aromatic heterocycles. The standard InChI is InChI=1S/C16H16BrClFN7O2/c17-12-11-15(24-26(12)10-2-5-27-7-9(10)19)28-4-1-3-25-14-8(13(18)23-25)6-20-16(21-11)22-14/h6,9-10H,1-5,7H2,(H,20,21,22)/t9-,10-/m0/s1. The Kier molecular flexibility index (Phi) is 4.60. The Balaban J connectivity index is 1.58. The minimum Gasteiger partial charge on any atom is -0.475 e. The summed E-state index contributed by atoms with van der Waals surface area (Å²) in [5.41, 5.74) is 1.19. The average Bonchev–Trinajstić information content (AvgIpc) is 3.16. The largest absolute Gasteiger partial charge is 0.475 e. The summed E-state index contributed by atoms with van der Waals surface area (Å²) in [6.45, 7) is 1.54. The van der Waals surface area contributed by atoms with Gasteiger partial charge in [-0.05, 0) is 22.4 Å². The van der Waals surface area contributed by atoms with Crippen LogP contribution in [0.3, 0.4) is 0 Å². The number of anilines is 2. The van der Waals surface area contributed by atoms with Gasteiger partial charge >= 0.3 is 0 Å². The SMILES string of the molecule is F[C@H]1COCC[C@@H]1n1nc2c(c1Br)Nc1ncc3c(Cl)nn(c3n1)CCCO2. The first-order valence-corrected chi connectivity index (χ1v) is 10.1. The number of alkyl halides is 1. The van der Waals surface area contributed by atoms with E-state index in [0.29, 0.717) is 70.9 Å². The highest BCUT2D eigenvalue weighted by atomic mass is 79.9. The van der Waals surface area contributed by atoms with Crippen LogP contribution in [0.25, 0.3) is 11.0 Å². The molecule has 12 heteroatoms. The molecule has 9 nitrogen and oxygen atoms in total. The number of nitrogens with zero attached hydrogens (tertiary/aromatic N) is 6. The van der Waals surface area contributed by atoms with Crippen molar-refractivity contribution >= 4 is 50.2 Å². The molecule has 148 valence electrons. The summed E-state index contributed by atoms with van der Waals surface area (Å²) in [6.07, 6.45) is 1.69. The number of hydrogen-bond donors (Lipinski definition) is 1. The van der Waals surface area contributed by atoms with Crippen molar-refractivity contribution in [2.75, 3.05) is 25.1 Å². The second-order valence-corrected chi connectivity index (χ2v) is 7.74. The van der Waals surface area contributed by atoms with Gasteiger partial charge in [0, 0.05) is 25.8 Å². The summed E-state index contributed by atoms with van der Waals surface area (Å²) >= 11 is 9.72. The number of hydrogen-bond acceptors (Lipinski definition) is 7. The molecule has 0 aliphatic carbocycles. The third-order valence-electron chi connectivity index (χ3n) is 4.82. The monoisotopic (exact) mass is 471 g/mol. The van der Waals surface area contributed by atoms with E-state index in [1.165, 1.54) is 0 Å². The Morgan fingerprint density at radius 2 is 2.21 bits per heavy atom. The number of rotatable bonds is 1. The van der Waals surface area contributed by atoms with Crippen LogP contribution >= 0.6 is 27.5 Å². The Bertz CT molecular complexity index is 1040. The van der Waals surface area contributed by atoms with Crippen molar-refractivity contribution in [1.29, 1.82) is 0 Å². The number of nitrogens with one attached hydrogen (secondary N) is 1. The average molecular weight is 473 g/mol. The molecule has 2 atom stereocenters. The van der Waals surface area contributed by atoms with Crippen molar-refractivity contribution < 1.29 is 13.9 Å². The molecule has 0 spiro atoms. The quantitative estimate of drug-likeness (QED) is 0.581. The van der Waals surface area contributed by atoms with Crippen LogP contribution in [0.5, 0.6) is 5.88 Å². The Hall–Kier alpha value is -1.98. The summed E-state index contributed by atoms with van der Waals surface area (Å²) in [4.78, 5) is 8.86. The van der Waals surface area contributed by atoms with Gasteiger partial charge in [-0.2, -0.15) is 10.1 Å². The third kappa shape index (κ3) is 3.01. The lowest BCUT2D eigenvalue weighted by Crippen LogP contribution is -2.32. The lowest BCUT2D eigenvalue weighted by Gasteiger charge is -2.26. The van der Waals surface area contributed by atoms with Gasteiger partial charge in [0.2, 0.25) is 5.95 Å². The summed E-state index contributed by atoms with van der Waals surface area (Å²) in [7, 11) is 0. The van der Waals surface area contributed by atoms with E-state index in [1.54, 1.807) is 15.6 Å². The van der Waals surface area contributed by atoms with E-state index < -0.39 is 12.2 Å². The molecule has 0 saturated carbocycles. The number of fused-ring (bicyclic) bond motifs is 2. The van der Waals surface area contributed by atoms with E-state index >= 15 is 0 Å². The fraction of sp³-hybridized carbons (Fsp3) is 0.500. The Labute approximate surface area is 172 Å². The van der Waals surface area contributed by atoms with Crippen LogP contribution in [-0.2, 0) is 11.3 Å². The predicted molar refractivity (Wildman–Crippen MR) is 103 cm³/mol. The molecule has 5 rings (SSSR count). The van der Waals surface area contributed by atoms with Crippen LogP contribution in [0, 0.1) is 0 Å². The number of halogens is 3. The van der Waals surface area contributed by atoms with Crippen molar-refractivity contribution in [1.82, 2.24) is 29.5 Å². The highest BCUT2D eigenvalue weighted by Gasteiger charge is 2.32. The summed E-state index contributed by atoms with van der Waals surface area (Å²) in [5, 5.41) is 13.0. The maximum Gasteiger partial charge on any atom is 0.258 e. The first-order valence-electron chi connectivity index (χ1n) is 8.90. The zero-order valence-corrected chi connectivity index (χ0v) is 17.0. The van der Waals surface area contributed by atoms with Crippen molar-refractivity contribution in [2.45, 2.75) is 31.6 Å². The van der Waals surface area contributed by atoms with Crippen LogP contribution in [0.4, 0.5) is 16.0 Å². The smallest absolute Gasteiger partial charge is 0.258 e. The third-order valence-corrected chi connectivity index (χ3v) is 5.86. The topological polar surface area (TPSA) is 91.9 Å². The molecule has 1 fully saturated rings. The van der Waals surface area contributed by atoms with Gasteiger partial charge in [0.1, 0.15) is 16.5 Å². The van der Waals surface area contributed by atoms with Crippen molar-refractivity contribution in [3.63, 3.8) is 0 Å². The molecular formula is C16H16BrClFN7O2. The fourth-order valence-electron chi connectivity index (χ4n) is 3.42. The molecule has 0 unspecified atom stereocenters. The minimum absolute atomic E-state index is 0.0560. The second kappa shape index (κ2) is 7.12. The predicted octanol–water partition coefficient (Wildman–Crippen LogP) is 3.26. The summed E-state index contributed by atoms with van der Waals surface area (Å²) < 4.78 is 29.4. The summed E-state index contributed by atoms with van der Waals surface area (Å²) in [6, 6.07) is -0.433. The molecule has 2 bridgehead atoms. The van der Waals surface area contributed by atoms with Gasteiger partial charge in [0.15, 0.2) is 10.8 Å². The van der Waals surface area contributed by atoms with Gasteiger partial charge in [-0.1, -0.05) is 11.6 Å². The highest BCUT2D eigenvalue weighted by molar-refractivity contribution is 9.10. The first-order chi connectivity index (χ1) is 13.6. The molecule has 28 heavy (non-hydrogen) atoms. The van der Waals surface area contributed by atoms with Crippen LogP contribution < -0.4 is 10.1 Å². The molecule has 0 aromatic carbocycles. The van der Waals surface area contributed by atoms with Crippen molar-refractivity contribution in [3.8, 4) is 5.88 Å². The van der Waals surface area contributed by atoms with E-state index in [2.05, 4.69) is 41.4 Å². The molecule has 1 N–H and O–H groups in total. The molecule has 2 aliphatic rings. The molecule has 1 saturated heterocycles. The first kappa shape index (κ1) is 18.1. The normalized spacial score (nSPS) is 22.4. The fourth-order valence-corrected chi connectivity index (χ4v) is 4.26. The minimum atomic E-state index is -1.14. The van der Waals surface area contributed by atoms with Crippen LogP contribution in [-0.4, -0.2) is 55.5 Å².